The predicted octanol–water partition coefficient (Wildman–Crippen LogP) is -3.31. The Kier molecular flexibility index (Phi) is 14.2. The van der Waals surface area contributed by atoms with Crippen LogP contribution in [0.15, 0.2) is 17.1 Å². The molecule has 6 aliphatic rings. The van der Waals surface area contributed by atoms with E-state index in [4.69, 9.17) is 25.7 Å². The molecular weight excluding hydrogens is 760 g/mol. The number of hydrogen-bond donors (Lipinski definition) is 9. The number of Topliss-reactive ketones (excluding diaryl/α,β-unsaturated/α-hetero) is 2. The average Bonchev–Trinajstić information content (AvgIpc) is 3.53. The molecule has 19 heteroatoms. The molecule has 11 unspecified atom stereocenters. The maximum Gasteiger partial charge on any atom is 0.253 e. The number of hydrogen-bond acceptors (Lipinski definition) is 16. The molecule has 3 aliphatic heterocycles. The van der Waals surface area contributed by atoms with Crippen LogP contribution in [0.1, 0.15) is 51.4 Å². The summed E-state index contributed by atoms with van der Waals surface area (Å²) >= 11 is 0. The van der Waals surface area contributed by atoms with Gasteiger partial charge >= 0.3 is 0 Å². The molecule has 6 rings (SSSR count). The van der Waals surface area contributed by atoms with E-state index in [0.29, 0.717) is 25.8 Å². The van der Waals surface area contributed by atoms with Crippen molar-refractivity contribution in [2.24, 2.45) is 63.8 Å². The molecule has 0 spiro atoms. The van der Waals surface area contributed by atoms with Crippen molar-refractivity contribution >= 4 is 35.6 Å². The van der Waals surface area contributed by atoms with E-state index in [9.17, 15) is 49.5 Å². The lowest BCUT2D eigenvalue weighted by molar-refractivity contribution is -0.348. The molecule has 58 heavy (non-hydrogen) atoms. The lowest BCUT2D eigenvalue weighted by Gasteiger charge is -2.54. The third kappa shape index (κ3) is 8.66. The van der Waals surface area contributed by atoms with Crippen LogP contribution in [0.3, 0.4) is 0 Å². The normalized spacial score (nSPS) is 42.6. The molecule has 2 amide bonds. The van der Waals surface area contributed by atoms with Crippen LogP contribution in [-0.4, -0.2) is 161 Å². The molecule has 0 bridgehead atoms. The highest BCUT2D eigenvalue weighted by atomic mass is 16.7. The van der Waals surface area contributed by atoms with E-state index in [2.05, 4.69) is 15.6 Å². The van der Waals surface area contributed by atoms with Gasteiger partial charge in [0.05, 0.1) is 42.9 Å². The minimum atomic E-state index is -2.30. The first kappa shape index (κ1) is 44.3. The summed E-state index contributed by atoms with van der Waals surface area (Å²) in [6.45, 7) is -0.279. The van der Waals surface area contributed by atoms with Gasteiger partial charge in [-0.3, -0.25) is 29.1 Å². The van der Waals surface area contributed by atoms with Crippen molar-refractivity contribution in [2.75, 3.05) is 40.4 Å². The standard InChI is InChI=1S/C39H60N6O13/c1-42-38(41)44-15-24-19(4-3-9-46)10-22-31(33(24)51)34(52)30-23(32(22)50)12-21(56-2)13-25(30)57-37-35(53)36(54)39(55,26(17-47)58-37)14-20(18-7-8-43-27(40)11-18)16-45-28(48)5-6-29(45)49/h5-6,9,18-27,30-31,33,35-37,43,47,51,53-55H,3-4,7-8,10-17,40H2,1-2H3,(H3,41,42,44)/t18?,19?,20-,21?,22?,23?,24?,25?,26-,27?,30?,31?,33?,35-,36-,37+,39-/m1/s1. The fourth-order valence-corrected chi connectivity index (χ4v) is 10.8. The molecule has 0 aromatic rings. The van der Waals surface area contributed by atoms with E-state index in [1.807, 2.05) is 0 Å². The lowest BCUT2D eigenvalue weighted by Crippen LogP contribution is -2.69. The number of methoxy groups -OCH3 is 1. The number of nitrogens with one attached hydrogen (secondary N) is 2. The Morgan fingerprint density at radius 2 is 1.79 bits per heavy atom. The van der Waals surface area contributed by atoms with E-state index in [-0.39, 0.29) is 68.8 Å². The van der Waals surface area contributed by atoms with Gasteiger partial charge in [-0.1, -0.05) is 0 Å². The number of nitrogens with zero attached hydrogens (tertiary/aromatic N) is 2. The summed E-state index contributed by atoms with van der Waals surface area (Å²) < 4.78 is 18.1. The second-order valence-electron chi connectivity index (χ2n) is 17.0. The Morgan fingerprint density at radius 1 is 1.09 bits per heavy atom. The Hall–Kier alpha value is -3.24. The molecule has 17 atom stereocenters. The van der Waals surface area contributed by atoms with Crippen LogP contribution < -0.4 is 22.1 Å². The van der Waals surface area contributed by atoms with E-state index in [0.717, 1.165) is 23.3 Å². The van der Waals surface area contributed by atoms with Crippen molar-refractivity contribution in [3.05, 3.63) is 12.2 Å². The van der Waals surface area contributed by atoms with Gasteiger partial charge in [-0.05, 0) is 62.8 Å². The van der Waals surface area contributed by atoms with Gasteiger partial charge in [-0.25, -0.2) is 0 Å². The fraction of sp³-hybridized carbons (Fsp3) is 0.795. The summed E-state index contributed by atoms with van der Waals surface area (Å²) in [5, 5.41) is 64.0. The summed E-state index contributed by atoms with van der Waals surface area (Å²) in [5.41, 5.74) is 9.77. The van der Waals surface area contributed by atoms with Gasteiger partial charge in [0, 0.05) is 70.0 Å². The molecule has 3 aliphatic carbocycles. The molecule has 3 heterocycles. The van der Waals surface area contributed by atoms with E-state index in [1.165, 1.54) is 14.2 Å². The number of aliphatic hydroxyl groups is 5. The van der Waals surface area contributed by atoms with Crippen LogP contribution in [0.25, 0.3) is 0 Å². The van der Waals surface area contributed by atoms with Gasteiger partial charge in [-0.2, -0.15) is 0 Å². The average molecular weight is 821 g/mol. The number of guanidine groups is 1. The Labute approximate surface area is 336 Å². The molecule has 19 nitrogen and oxygen atoms in total. The SMILES string of the molecule is CN=C(N)NCC1C(CCC=O)CC2C(=O)C3CC(OC)CC(O[C@H]4O[C@H](CO)[C@](O)(C[C@H](CN5C(=O)C=CC5=O)C5CCNC(N)C5)[C@H](O)[C@H]4O)C3C(=O)C2C1O. The first-order chi connectivity index (χ1) is 27.7. The van der Waals surface area contributed by atoms with Gasteiger partial charge < -0.3 is 66.6 Å². The lowest BCUT2D eigenvalue weighted by atomic mass is 9.53. The van der Waals surface area contributed by atoms with Crippen LogP contribution in [0.4, 0.5) is 0 Å². The number of ketones is 2. The molecule has 5 fully saturated rings. The van der Waals surface area contributed by atoms with E-state index in [1.54, 1.807) is 0 Å². The summed E-state index contributed by atoms with van der Waals surface area (Å²) in [5.74, 6) is -7.13. The monoisotopic (exact) mass is 820 g/mol. The second kappa shape index (κ2) is 18.6. The van der Waals surface area contributed by atoms with Crippen molar-refractivity contribution < 1.29 is 63.7 Å². The van der Waals surface area contributed by atoms with Crippen LogP contribution in [0, 0.1) is 47.3 Å². The van der Waals surface area contributed by atoms with Gasteiger partial charge in [-0.15, -0.1) is 0 Å². The maximum absolute atomic E-state index is 14.6. The maximum atomic E-state index is 14.6. The van der Waals surface area contributed by atoms with Crippen LogP contribution >= 0.6 is 0 Å². The van der Waals surface area contributed by atoms with E-state index >= 15 is 0 Å². The van der Waals surface area contributed by atoms with Gasteiger partial charge in [0.1, 0.15) is 41.8 Å². The number of aliphatic imine (C=N–C) groups is 1. The number of nitrogens with two attached hydrogens (primary N) is 2. The van der Waals surface area contributed by atoms with Crippen molar-refractivity contribution in [3.63, 3.8) is 0 Å². The Balaban J connectivity index is 1.24. The summed E-state index contributed by atoms with van der Waals surface area (Å²) in [6, 6.07) is 0. The van der Waals surface area contributed by atoms with Gasteiger partial charge in [0.15, 0.2) is 12.2 Å². The minimum Gasteiger partial charge on any atom is -0.394 e. The topological polar surface area (TPSA) is 306 Å². The largest absolute Gasteiger partial charge is 0.394 e. The second-order valence-corrected chi connectivity index (χ2v) is 17.0. The Bertz CT molecular complexity index is 1580. The summed E-state index contributed by atoms with van der Waals surface area (Å²) in [4.78, 5) is 70.5. The van der Waals surface area contributed by atoms with E-state index < -0.39 is 114 Å². The number of aldehydes is 1. The molecule has 3 saturated carbocycles. The zero-order chi connectivity index (χ0) is 42.1. The van der Waals surface area contributed by atoms with Crippen molar-refractivity contribution in [2.45, 2.75) is 106 Å². The van der Waals surface area contributed by atoms with Crippen LogP contribution in [0.2, 0.25) is 0 Å². The number of imide groups is 1. The highest BCUT2D eigenvalue weighted by Crippen LogP contribution is 2.51. The van der Waals surface area contributed by atoms with Crippen LogP contribution in [0.5, 0.6) is 0 Å². The fourth-order valence-electron chi connectivity index (χ4n) is 10.8. The quantitative estimate of drug-likeness (QED) is 0.0359. The van der Waals surface area contributed by atoms with Gasteiger partial charge in [0.2, 0.25) is 0 Å². The smallest absolute Gasteiger partial charge is 0.253 e. The molecular formula is C39H60N6O13. The number of aliphatic hydroxyl groups excluding tert-OH is 4. The number of piperidine rings is 1. The third-order valence-electron chi connectivity index (χ3n) is 13.9. The van der Waals surface area contributed by atoms with Crippen molar-refractivity contribution in [1.82, 2.24) is 15.5 Å². The number of carbonyl (C=O) groups excluding carboxylic acids is 5. The molecule has 0 aromatic carbocycles. The molecule has 324 valence electrons. The molecule has 0 radical (unpaired) electrons. The first-order valence-electron chi connectivity index (χ1n) is 20.4. The molecule has 2 saturated heterocycles. The highest BCUT2D eigenvalue weighted by molar-refractivity contribution is 6.12. The van der Waals surface area contributed by atoms with Crippen molar-refractivity contribution in [1.29, 1.82) is 0 Å². The Morgan fingerprint density at radius 3 is 2.43 bits per heavy atom. The van der Waals surface area contributed by atoms with Crippen LogP contribution in [-0.2, 0) is 38.2 Å². The number of ether oxygens (including phenoxy) is 3. The minimum absolute atomic E-state index is 0.0846. The number of amides is 2. The first-order valence-corrected chi connectivity index (χ1v) is 20.4. The summed E-state index contributed by atoms with van der Waals surface area (Å²) in [6.07, 6.45) is -5.55. The third-order valence-corrected chi connectivity index (χ3v) is 13.9. The van der Waals surface area contributed by atoms with Crippen molar-refractivity contribution in [3.8, 4) is 0 Å². The number of fused-ring (bicyclic) bond motifs is 2. The number of rotatable bonds is 14. The molecule has 11 N–H and O–H groups in total. The predicted molar refractivity (Wildman–Crippen MR) is 203 cm³/mol. The number of carbonyl (C=O) groups is 5. The van der Waals surface area contributed by atoms with Gasteiger partial charge in [0.25, 0.3) is 11.8 Å². The zero-order valence-corrected chi connectivity index (χ0v) is 33.0. The molecule has 0 aromatic heterocycles. The summed E-state index contributed by atoms with van der Waals surface area (Å²) in [7, 11) is 2.96. The highest BCUT2D eigenvalue weighted by Gasteiger charge is 2.62. The zero-order valence-electron chi connectivity index (χ0n) is 33.0.